The van der Waals surface area contributed by atoms with E-state index in [2.05, 4.69) is 36.3 Å². The molecule has 2 rings (SSSR count). The van der Waals surface area contributed by atoms with Crippen molar-refractivity contribution in [3.8, 4) is 0 Å². The lowest BCUT2D eigenvalue weighted by Crippen LogP contribution is -2.21. The summed E-state index contributed by atoms with van der Waals surface area (Å²) in [6.45, 7) is 5.25. The molecule has 2 nitrogen and oxygen atoms in total. The first kappa shape index (κ1) is 13.3. The highest BCUT2D eigenvalue weighted by Gasteiger charge is 2.06. The second-order valence-electron chi connectivity index (χ2n) is 5.45. The van der Waals surface area contributed by atoms with Gasteiger partial charge in [0.05, 0.1) is 0 Å². The molecule has 0 fully saturated rings. The Balaban J connectivity index is 2.08. The minimum atomic E-state index is 0.519. The molecule has 1 aromatic heterocycles. The molecule has 1 aliphatic rings. The molecule has 2 heteroatoms. The smallest absolute Gasteiger partial charge is 0.0343 e. The van der Waals surface area contributed by atoms with E-state index in [-0.39, 0.29) is 0 Å². The van der Waals surface area contributed by atoms with Crippen LogP contribution >= 0.6 is 0 Å². The van der Waals surface area contributed by atoms with Crippen LogP contribution in [0.15, 0.2) is 24.5 Å². The van der Waals surface area contributed by atoms with Crippen LogP contribution in [0.5, 0.6) is 0 Å². The number of hydrogen-bond acceptors (Lipinski definition) is 2. The van der Waals surface area contributed by atoms with Gasteiger partial charge in [0.15, 0.2) is 0 Å². The molecule has 0 saturated heterocycles. The number of nitrogens with zero attached hydrogens (tertiary/aromatic N) is 1. The number of allylic oxidation sites excluding steroid dienone is 2. The Morgan fingerprint density at radius 1 is 1.22 bits per heavy atom. The minimum absolute atomic E-state index is 0.519. The maximum atomic E-state index is 4.39. The molecule has 0 saturated carbocycles. The highest BCUT2D eigenvalue weighted by atomic mass is 14.9. The van der Waals surface area contributed by atoms with Crippen molar-refractivity contribution in [2.45, 2.75) is 58.5 Å². The lowest BCUT2D eigenvalue weighted by atomic mass is 10.0. The molecule has 0 aromatic carbocycles. The third-order valence-electron chi connectivity index (χ3n) is 3.42. The van der Waals surface area contributed by atoms with E-state index in [1.807, 2.05) is 12.4 Å². The van der Waals surface area contributed by atoms with Gasteiger partial charge in [0, 0.05) is 25.0 Å². The molecule has 0 bridgehead atoms. The Morgan fingerprint density at radius 2 is 2.11 bits per heavy atom. The van der Waals surface area contributed by atoms with Crippen molar-refractivity contribution >= 4 is 5.57 Å². The highest BCUT2D eigenvalue weighted by Crippen LogP contribution is 2.25. The van der Waals surface area contributed by atoms with Crippen LogP contribution < -0.4 is 5.32 Å². The molecule has 0 radical (unpaired) electrons. The quantitative estimate of drug-likeness (QED) is 0.868. The van der Waals surface area contributed by atoms with Gasteiger partial charge in [-0.05, 0) is 48.4 Å². The summed E-state index contributed by atoms with van der Waals surface area (Å²) < 4.78 is 0. The summed E-state index contributed by atoms with van der Waals surface area (Å²) >= 11 is 0. The SMILES string of the molecule is CC(C)NCc1cncc(C2=CCCCCC2)c1. The van der Waals surface area contributed by atoms with Gasteiger partial charge in [-0.2, -0.15) is 0 Å². The fourth-order valence-electron chi connectivity index (χ4n) is 2.36. The van der Waals surface area contributed by atoms with E-state index in [4.69, 9.17) is 0 Å². The van der Waals surface area contributed by atoms with E-state index in [9.17, 15) is 0 Å². The standard InChI is InChI=1S/C16H24N2/c1-13(2)18-11-14-9-16(12-17-10-14)15-7-5-3-4-6-8-15/h7,9-10,12-13,18H,3-6,8,11H2,1-2H3. The Labute approximate surface area is 111 Å². The number of rotatable bonds is 4. The van der Waals surface area contributed by atoms with Crippen molar-refractivity contribution < 1.29 is 0 Å². The monoisotopic (exact) mass is 244 g/mol. The third kappa shape index (κ3) is 3.95. The molecule has 18 heavy (non-hydrogen) atoms. The molecular weight excluding hydrogens is 220 g/mol. The second kappa shape index (κ2) is 6.69. The summed E-state index contributed by atoms with van der Waals surface area (Å²) in [4.78, 5) is 4.39. The van der Waals surface area contributed by atoms with E-state index >= 15 is 0 Å². The van der Waals surface area contributed by atoms with Gasteiger partial charge in [-0.3, -0.25) is 4.98 Å². The van der Waals surface area contributed by atoms with E-state index in [1.54, 1.807) is 0 Å². The van der Waals surface area contributed by atoms with Crippen molar-refractivity contribution in [1.82, 2.24) is 10.3 Å². The largest absolute Gasteiger partial charge is 0.310 e. The predicted octanol–water partition coefficient (Wildman–Crippen LogP) is 3.93. The minimum Gasteiger partial charge on any atom is -0.310 e. The van der Waals surface area contributed by atoms with E-state index < -0.39 is 0 Å². The third-order valence-corrected chi connectivity index (χ3v) is 3.42. The van der Waals surface area contributed by atoms with Crippen LogP contribution in [0.25, 0.3) is 5.57 Å². The fraction of sp³-hybridized carbons (Fsp3) is 0.562. The Kier molecular flexibility index (Phi) is 4.94. The summed E-state index contributed by atoms with van der Waals surface area (Å²) in [7, 11) is 0. The maximum absolute atomic E-state index is 4.39. The zero-order valence-corrected chi connectivity index (χ0v) is 11.6. The van der Waals surface area contributed by atoms with Crippen molar-refractivity contribution in [2.75, 3.05) is 0 Å². The van der Waals surface area contributed by atoms with Crippen LogP contribution in [0, 0.1) is 0 Å². The fourth-order valence-corrected chi connectivity index (χ4v) is 2.36. The van der Waals surface area contributed by atoms with Gasteiger partial charge >= 0.3 is 0 Å². The average Bonchev–Trinajstić information content (AvgIpc) is 2.65. The molecule has 1 aromatic rings. The molecule has 0 unspecified atom stereocenters. The van der Waals surface area contributed by atoms with Crippen LogP contribution in [0.3, 0.4) is 0 Å². The van der Waals surface area contributed by atoms with Gasteiger partial charge in [-0.1, -0.05) is 26.3 Å². The lowest BCUT2D eigenvalue weighted by Gasteiger charge is -2.10. The van der Waals surface area contributed by atoms with Crippen molar-refractivity contribution in [3.05, 3.63) is 35.7 Å². The topological polar surface area (TPSA) is 24.9 Å². The van der Waals surface area contributed by atoms with Crippen molar-refractivity contribution in [1.29, 1.82) is 0 Å². The Morgan fingerprint density at radius 3 is 2.94 bits per heavy atom. The van der Waals surface area contributed by atoms with Gasteiger partial charge in [-0.15, -0.1) is 0 Å². The molecule has 1 heterocycles. The summed E-state index contributed by atoms with van der Waals surface area (Å²) in [6, 6.07) is 2.81. The maximum Gasteiger partial charge on any atom is 0.0343 e. The zero-order valence-electron chi connectivity index (χ0n) is 11.6. The van der Waals surface area contributed by atoms with E-state index in [1.165, 1.54) is 48.8 Å². The molecular formula is C16H24N2. The average molecular weight is 244 g/mol. The van der Waals surface area contributed by atoms with Gasteiger partial charge < -0.3 is 5.32 Å². The first-order valence-electron chi connectivity index (χ1n) is 7.12. The van der Waals surface area contributed by atoms with Gasteiger partial charge in [-0.25, -0.2) is 0 Å². The second-order valence-corrected chi connectivity index (χ2v) is 5.45. The normalized spacial score (nSPS) is 16.5. The Bertz CT molecular complexity index is 407. The molecule has 0 amide bonds. The first-order valence-corrected chi connectivity index (χ1v) is 7.12. The number of nitrogens with one attached hydrogen (secondary N) is 1. The van der Waals surface area contributed by atoms with Gasteiger partial charge in [0.2, 0.25) is 0 Å². The molecule has 0 aliphatic heterocycles. The van der Waals surface area contributed by atoms with Crippen molar-refractivity contribution in [3.63, 3.8) is 0 Å². The highest BCUT2D eigenvalue weighted by molar-refractivity contribution is 5.65. The molecule has 1 N–H and O–H groups in total. The van der Waals surface area contributed by atoms with Crippen LogP contribution in [0.2, 0.25) is 0 Å². The van der Waals surface area contributed by atoms with Crippen LogP contribution in [-0.4, -0.2) is 11.0 Å². The molecule has 1 aliphatic carbocycles. The predicted molar refractivity (Wildman–Crippen MR) is 77.3 cm³/mol. The molecule has 0 spiro atoms. The summed E-state index contributed by atoms with van der Waals surface area (Å²) in [5, 5.41) is 3.44. The summed E-state index contributed by atoms with van der Waals surface area (Å²) in [5.41, 5.74) is 4.10. The van der Waals surface area contributed by atoms with Crippen molar-refractivity contribution in [2.24, 2.45) is 0 Å². The first-order chi connectivity index (χ1) is 8.75. The number of aromatic nitrogens is 1. The van der Waals surface area contributed by atoms with Gasteiger partial charge in [0.25, 0.3) is 0 Å². The molecule has 0 atom stereocenters. The van der Waals surface area contributed by atoms with E-state index in [0.717, 1.165) is 6.54 Å². The number of hydrogen-bond donors (Lipinski definition) is 1. The van der Waals surface area contributed by atoms with Crippen LogP contribution in [0.4, 0.5) is 0 Å². The van der Waals surface area contributed by atoms with E-state index in [0.29, 0.717) is 6.04 Å². The summed E-state index contributed by atoms with van der Waals surface area (Å²) in [6.07, 6.45) is 12.8. The van der Waals surface area contributed by atoms with Crippen LogP contribution in [0.1, 0.15) is 57.1 Å². The number of pyridine rings is 1. The van der Waals surface area contributed by atoms with Crippen LogP contribution in [-0.2, 0) is 6.54 Å². The molecule has 98 valence electrons. The Hall–Kier alpha value is -1.15. The summed E-state index contributed by atoms with van der Waals surface area (Å²) in [5.74, 6) is 0. The lowest BCUT2D eigenvalue weighted by molar-refractivity contribution is 0.588. The van der Waals surface area contributed by atoms with Gasteiger partial charge in [0.1, 0.15) is 0 Å². The zero-order chi connectivity index (χ0) is 12.8.